The zero-order valence-electron chi connectivity index (χ0n) is 20.9. The Morgan fingerprint density at radius 1 is 0.615 bits per heavy atom. The first-order valence-corrected chi connectivity index (χ1v) is 11.6. The molecule has 3 rings (SSSR count). The maximum Gasteiger partial charge on any atom is 0.335 e. The number of benzene rings is 3. The highest BCUT2D eigenvalue weighted by Gasteiger charge is 2.01. The summed E-state index contributed by atoms with van der Waals surface area (Å²) in [5.41, 5.74) is 2.83. The second-order valence-corrected chi connectivity index (χ2v) is 7.65. The number of carbonyl (C=O) groups is 2. The number of esters is 2. The lowest BCUT2D eigenvalue weighted by molar-refractivity contribution is -0.133. The maximum atomic E-state index is 14.7. The van der Waals surface area contributed by atoms with E-state index in [0.29, 0.717) is 22.6 Å². The molecule has 3 aromatic carbocycles. The van der Waals surface area contributed by atoms with E-state index >= 15 is 0 Å². The SMILES string of the molecule is C=CC(=O)O/C=C\Oc1ccc(/C=C/c2ccc(/C=C/c3cccc(O/C=C\OC(=O)C=C)c3)c(F)c2)cc1. The van der Waals surface area contributed by atoms with Crippen molar-refractivity contribution in [2.75, 3.05) is 0 Å². The van der Waals surface area contributed by atoms with Crippen molar-refractivity contribution >= 4 is 36.2 Å². The molecule has 39 heavy (non-hydrogen) atoms. The second kappa shape index (κ2) is 15.0. The normalized spacial score (nSPS) is 11.2. The van der Waals surface area contributed by atoms with Crippen LogP contribution in [-0.4, -0.2) is 11.9 Å². The number of ether oxygens (including phenoxy) is 4. The molecular formula is C32H25FO6. The van der Waals surface area contributed by atoms with Crippen LogP contribution in [0.5, 0.6) is 11.5 Å². The van der Waals surface area contributed by atoms with E-state index < -0.39 is 11.9 Å². The lowest BCUT2D eigenvalue weighted by Gasteiger charge is -2.03. The molecule has 0 unspecified atom stereocenters. The molecule has 6 nitrogen and oxygen atoms in total. The summed E-state index contributed by atoms with van der Waals surface area (Å²) >= 11 is 0. The quantitative estimate of drug-likeness (QED) is 0.107. The Morgan fingerprint density at radius 3 is 1.82 bits per heavy atom. The lowest BCUT2D eigenvalue weighted by Crippen LogP contribution is -1.93. The van der Waals surface area contributed by atoms with Crippen molar-refractivity contribution in [2.24, 2.45) is 0 Å². The van der Waals surface area contributed by atoms with Crippen molar-refractivity contribution in [3.63, 3.8) is 0 Å². The molecule has 0 fully saturated rings. The first kappa shape index (κ1) is 28.1. The third-order valence-electron chi connectivity index (χ3n) is 4.91. The van der Waals surface area contributed by atoms with Crippen LogP contribution in [0.1, 0.15) is 22.3 Å². The molecule has 7 heteroatoms. The average Bonchev–Trinajstić information content (AvgIpc) is 2.96. The number of hydrogen-bond acceptors (Lipinski definition) is 6. The molecule has 0 aliphatic carbocycles. The van der Waals surface area contributed by atoms with Crippen molar-refractivity contribution in [1.82, 2.24) is 0 Å². The highest BCUT2D eigenvalue weighted by atomic mass is 19.1. The standard InChI is InChI=1S/C32H25FO6/c1-3-31(34)38-20-18-36-28-16-12-24(13-17-28)8-9-26-11-15-27(30(33)23-26)14-10-25-6-5-7-29(22-25)37-19-21-39-32(35)4-2/h3-23H,1-2H2/b9-8+,14-10+,20-18-,21-19-. The van der Waals surface area contributed by atoms with E-state index in [9.17, 15) is 14.0 Å². The Morgan fingerprint density at radius 2 is 1.18 bits per heavy atom. The van der Waals surface area contributed by atoms with E-state index in [1.54, 1.807) is 48.6 Å². The van der Waals surface area contributed by atoms with Crippen LogP contribution < -0.4 is 9.47 Å². The molecule has 0 N–H and O–H groups in total. The maximum absolute atomic E-state index is 14.7. The van der Waals surface area contributed by atoms with Gasteiger partial charge in [0, 0.05) is 17.7 Å². The third-order valence-corrected chi connectivity index (χ3v) is 4.91. The fourth-order valence-electron chi connectivity index (χ4n) is 3.01. The van der Waals surface area contributed by atoms with Crippen LogP contribution in [-0.2, 0) is 19.1 Å². The van der Waals surface area contributed by atoms with E-state index in [0.717, 1.165) is 35.8 Å². The van der Waals surface area contributed by atoms with Gasteiger partial charge in [-0.2, -0.15) is 0 Å². The van der Waals surface area contributed by atoms with Crippen LogP contribution in [0.4, 0.5) is 4.39 Å². The summed E-state index contributed by atoms with van der Waals surface area (Å²) in [5, 5.41) is 0. The molecule has 0 aromatic heterocycles. The summed E-state index contributed by atoms with van der Waals surface area (Å²) in [7, 11) is 0. The highest BCUT2D eigenvalue weighted by Crippen LogP contribution is 2.20. The minimum Gasteiger partial charge on any atom is -0.462 e. The molecular weight excluding hydrogens is 499 g/mol. The minimum atomic E-state index is -0.587. The van der Waals surface area contributed by atoms with Gasteiger partial charge in [-0.15, -0.1) is 0 Å². The van der Waals surface area contributed by atoms with Gasteiger partial charge in [0.05, 0.1) is 0 Å². The molecule has 3 aromatic rings. The van der Waals surface area contributed by atoms with Gasteiger partial charge in [0.2, 0.25) is 0 Å². The molecule has 0 heterocycles. The average molecular weight is 525 g/mol. The summed E-state index contributed by atoms with van der Waals surface area (Å²) < 4.78 is 34.8. The van der Waals surface area contributed by atoms with Gasteiger partial charge < -0.3 is 18.9 Å². The summed E-state index contributed by atoms with van der Waals surface area (Å²) in [5.74, 6) is -0.444. The number of rotatable bonds is 12. The van der Waals surface area contributed by atoms with Crippen LogP contribution in [0.15, 0.2) is 117 Å². The van der Waals surface area contributed by atoms with Gasteiger partial charge in [-0.3, -0.25) is 0 Å². The van der Waals surface area contributed by atoms with Gasteiger partial charge in [-0.05, 0) is 47.0 Å². The summed E-state index contributed by atoms with van der Waals surface area (Å²) in [6.07, 6.45) is 13.9. The van der Waals surface area contributed by atoms with Crippen LogP contribution in [0, 0.1) is 5.82 Å². The molecule has 196 valence electrons. The van der Waals surface area contributed by atoms with Crippen molar-refractivity contribution in [1.29, 1.82) is 0 Å². The third kappa shape index (κ3) is 9.86. The van der Waals surface area contributed by atoms with Crippen molar-refractivity contribution in [3.8, 4) is 11.5 Å². The molecule has 0 aliphatic heterocycles. The predicted molar refractivity (Wildman–Crippen MR) is 149 cm³/mol. The zero-order valence-corrected chi connectivity index (χ0v) is 20.9. The fraction of sp³-hybridized carbons (Fsp3) is 0. The Balaban J connectivity index is 1.56. The van der Waals surface area contributed by atoms with E-state index in [4.69, 9.17) is 14.2 Å². The fourth-order valence-corrected chi connectivity index (χ4v) is 3.01. The van der Waals surface area contributed by atoms with Gasteiger partial charge in [0.15, 0.2) is 0 Å². The first-order valence-electron chi connectivity index (χ1n) is 11.6. The summed E-state index contributed by atoms with van der Waals surface area (Å²) in [4.78, 5) is 22.0. The Bertz CT molecular complexity index is 1430. The Kier molecular flexibility index (Phi) is 10.8. The van der Waals surface area contributed by atoms with Gasteiger partial charge in [0.25, 0.3) is 0 Å². The van der Waals surface area contributed by atoms with Gasteiger partial charge >= 0.3 is 11.9 Å². The zero-order chi connectivity index (χ0) is 27.9. The van der Waals surface area contributed by atoms with Gasteiger partial charge in [-0.25, -0.2) is 14.0 Å². The monoisotopic (exact) mass is 524 g/mol. The van der Waals surface area contributed by atoms with Gasteiger partial charge in [0.1, 0.15) is 42.4 Å². The molecule has 0 saturated carbocycles. The van der Waals surface area contributed by atoms with Crippen molar-refractivity contribution in [2.45, 2.75) is 0 Å². The minimum absolute atomic E-state index is 0.361. The predicted octanol–water partition coefficient (Wildman–Crippen LogP) is 7.32. The van der Waals surface area contributed by atoms with Crippen molar-refractivity contribution in [3.05, 3.63) is 145 Å². The molecule has 0 atom stereocenters. The Hall–Kier alpha value is -5.43. The van der Waals surface area contributed by atoms with E-state index in [2.05, 4.69) is 17.9 Å². The van der Waals surface area contributed by atoms with Crippen molar-refractivity contribution < 1.29 is 32.9 Å². The molecule has 0 saturated heterocycles. The summed E-state index contributed by atoms with van der Waals surface area (Å²) in [6.45, 7) is 6.60. The highest BCUT2D eigenvalue weighted by molar-refractivity contribution is 5.82. The molecule has 0 radical (unpaired) electrons. The molecule has 0 spiro atoms. The largest absolute Gasteiger partial charge is 0.462 e. The van der Waals surface area contributed by atoms with E-state index in [1.807, 2.05) is 36.4 Å². The lowest BCUT2D eigenvalue weighted by atomic mass is 10.1. The van der Waals surface area contributed by atoms with E-state index in [1.165, 1.54) is 18.6 Å². The molecule has 0 amide bonds. The van der Waals surface area contributed by atoms with E-state index in [-0.39, 0.29) is 5.82 Å². The van der Waals surface area contributed by atoms with Gasteiger partial charge in [-0.1, -0.05) is 73.9 Å². The Labute approximate surface area is 225 Å². The first-order chi connectivity index (χ1) is 19.0. The second-order valence-electron chi connectivity index (χ2n) is 7.65. The number of hydrogen-bond donors (Lipinski definition) is 0. The topological polar surface area (TPSA) is 71.1 Å². The van der Waals surface area contributed by atoms with Crippen LogP contribution in [0.25, 0.3) is 24.3 Å². The van der Waals surface area contributed by atoms with Crippen LogP contribution in [0.3, 0.4) is 0 Å². The van der Waals surface area contributed by atoms with Crippen LogP contribution in [0.2, 0.25) is 0 Å². The molecule has 0 bridgehead atoms. The molecule has 0 aliphatic rings. The summed E-state index contributed by atoms with van der Waals surface area (Å²) in [6, 6.07) is 19.3. The van der Waals surface area contributed by atoms with Crippen LogP contribution >= 0.6 is 0 Å². The number of carbonyl (C=O) groups excluding carboxylic acids is 2. The smallest absolute Gasteiger partial charge is 0.335 e. The number of halogens is 1.